The number of phosphoric ester groups is 1. The summed E-state index contributed by atoms with van der Waals surface area (Å²) in [7, 11) is 1.23. The van der Waals surface area contributed by atoms with E-state index in [2.05, 4.69) is 79.9 Å². The van der Waals surface area contributed by atoms with Gasteiger partial charge in [-0.05, 0) is 70.6 Å². The minimum atomic E-state index is -4.59. The van der Waals surface area contributed by atoms with E-state index in [0.29, 0.717) is 17.4 Å². The predicted octanol–water partition coefficient (Wildman–Crippen LogP) is 13.3. The van der Waals surface area contributed by atoms with E-state index in [1.54, 1.807) is 6.08 Å². The minimum Gasteiger partial charge on any atom is -0.756 e. The Morgan fingerprint density at radius 1 is 0.600 bits per heavy atom. The van der Waals surface area contributed by atoms with E-state index in [9.17, 15) is 19.4 Å². The standard InChI is InChI=1S/C51H93N2O6P/c1-6-8-10-12-14-16-17-18-19-20-21-22-23-24-25-26-27-28-29-30-31-32-33-34-35-37-39-41-43-45-51(55)52-49(48-59-60(56,57)58-47-46-53(3,4)5)50(54)44-42-40-38-36-15-13-11-9-7-2/h8,10,14-16,18-19,21-22,36,42,44,49-50,54H,6-7,9,11-13,17,20,23-35,37-41,43,45-48H2,1-5H3,(H-,52,55,56,57)/b10-8-,16-14-,19-18-,22-21-,36-15+,44-42+. The molecule has 0 heterocycles. The summed E-state index contributed by atoms with van der Waals surface area (Å²) in [5, 5.41) is 13.7. The highest BCUT2D eigenvalue weighted by atomic mass is 31.2. The molecule has 8 nitrogen and oxygen atoms in total. The number of aliphatic hydroxyl groups is 1. The van der Waals surface area contributed by atoms with Crippen LogP contribution in [0.5, 0.6) is 0 Å². The van der Waals surface area contributed by atoms with E-state index >= 15 is 0 Å². The normalized spacial score (nSPS) is 14.8. The van der Waals surface area contributed by atoms with Gasteiger partial charge in [-0.3, -0.25) is 9.36 Å². The van der Waals surface area contributed by atoms with Gasteiger partial charge in [0.1, 0.15) is 13.2 Å². The zero-order chi connectivity index (χ0) is 44.3. The molecule has 0 bridgehead atoms. The van der Waals surface area contributed by atoms with Crippen LogP contribution in [0, 0.1) is 0 Å². The molecule has 0 fully saturated rings. The molecule has 0 saturated carbocycles. The molecular formula is C51H93N2O6P. The summed E-state index contributed by atoms with van der Waals surface area (Å²) in [4.78, 5) is 25.3. The number of carbonyl (C=O) groups is 1. The Hall–Kier alpha value is -2.06. The number of quaternary nitrogens is 1. The fourth-order valence-electron chi connectivity index (χ4n) is 6.57. The maximum Gasteiger partial charge on any atom is 0.268 e. The Morgan fingerprint density at radius 2 is 1.03 bits per heavy atom. The van der Waals surface area contributed by atoms with Gasteiger partial charge < -0.3 is 28.8 Å². The van der Waals surface area contributed by atoms with Crippen molar-refractivity contribution in [2.75, 3.05) is 40.9 Å². The molecule has 0 aliphatic carbocycles. The average molecular weight is 861 g/mol. The number of nitrogens with zero attached hydrogens (tertiary/aromatic N) is 1. The van der Waals surface area contributed by atoms with Crippen LogP contribution in [-0.2, 0) is 18.4 Å². The van der Waals surface area contributed by atoms with E-state index in [4.69, 9.17) is 9.05 Å². The molecule has 0 rings (SSSR count). The molecule has 0 saturated heterocycles. The van der Waals surface area contributed by atoms with E-state index in [1.165, 1.54) is 109 Å². The molecule has 9 heteroatoms. The fourth-order valence-corrected chi connectivity index (χ4v) is 7.29. The van der Waals surface area contributed by atoms with Gasteiger partial charge in [-0.15, -0.1) is 0 Å². The van der Waals surface area contributed by atoms with Gasteiger partial charge in [-0.2, -0.15) is 0 Å². The van der Waals surface area contributed by atoms with Crippen molar-refractivity contribution in [3.8, 4) is 0 Å². The summed E-state index contributed by atoms with van der Waals surface area (Å²) in [6.07, 6.45) is 57.0. The summed E-state index contributed by atoms with van der Waals surface area (Å²) in [6, 6.07) is -0.903. The number of unbranched alkanes of at least 4 members (excludes halogenated alkanes) is 20. The quantitative estimate of drug-likeness (QED) is 0.0274. The van der Waals surface area contributed by atoms with Crippen LogP contribution in [0.25, 0.3) is 0 Å². The highest BCUT2D eigenvalue weighted by Crippen LogP contribution is 2.38. The summed E-state index contributed by atoms with van der Waals surface area (Å²) in [5.74, 6) is -0.213. The molecule has 348 valence electrons. The lowest BCUT2D eigenvalue weighted by Crippen LogP contribution is -2.45. The Morgan fingerprint density at radius 3 is 1.55 bits per heavy atom. The van der Waals surface area contributed by atoms with Crippen LogP contribution in [0.4, 0.5) is 0 Å². The van der Waals surface area contributed by atoms with Gasteiger partial charge in [0.2, 0.25) is 5.91 Å². The molecule has 3 atom stereocenters. The van der Waals surface area contributed by atoms with Gasteiger partial charge in [0.05, 0.1) is 39.9 Å². The second-order valence-electron chi connectivity index (χ2n) is 17.4. The van der Waals surface area contributed by atoms with Crippen molar-refractivity contribution in [3.05, 3.63) is 72.9 Å². The fraction of sp³-hybridized carbons (Fsp3) is 0.745. The first kappa shape index (κ1) is 57.9. The molecule has 1 amide bonds. The van der Waals surface area contributed by atoms with Crippen molar-refractivity contribution in [2.45, 2.75) is 206 Å². The maximum absolute atomic E-state index is 12.8. The Balaban J connectivity index is 4.07. The molecule has 0 radical (unpaired) electrons. The van der Waals surface area contributed by atoms with Crippen molar-refractivity contribution >= 4 is 13.7 Å². The zero-order valence-corrected chi connectivity index (χ0v) is 40.3. The van der Waals surface area contributed by atoms with Gasteiger partial charge in [0.25, 0.3) is 7.82 Å². The van der Waals surface area contributed by atoms with Crippen molar-refractivity contribution in [1.29, 1.82) is 0 Å². The van der Waals surface area contributed by atoms with Gasteiger partial charge in [-0.1, -0.05) is 189 Å². The first-order chi connectivity index (χ1) is 29.0. The number of allylic oxidation sites excluding steroid dienone is 11. The van der Waals surface area contributed by atoms with Gasteiger partial charge >= 0.3 is 0 Å². The number of carbonyl (C=O) groups excluding carboxylic acids is 1. The second-order valence-corrected chi connectivity index (χ2v) is 18.8. The highest BCUT2D eigenvalue weighted by molar-refractivity contribution is 7.45. The molecule has 60 heavy (non-hydrogen) atoms. The number of phosphoric acid groups is 1. The topological polar surface area (TPSA) is 108 Å². The second kappa shape index (κ2) is 42.3. The molecule has 0 spiro atoms. The lowest BCUT2D eigenvalue weighted by molar-refractivity contribution is -0.870. The van der Waals surface area contributed by atoms with Crippen molar-refractivity contribution in [2.24, 2.45) is 0 Å². The number of hydrogen-bond acceptors (Lipinski definition) is 6. The van der Waals surface area contributed by atoms with Crippen LogP contribution in [-0.4, -0.2) is 68.5 Å². The van der Waals surface area contributed by atoms with Crippen LogP contribution in [0.3, 0.4) is 0 Å². The Labute approximate surface area is 370 Å². The lowest BCUT2D eigenvalue weighted by Gasteiger charge is -2.29. The first-order valence-corrected chi connectivity index (χ1v) is 25.8. The van der Waals surface area contributed by atoms with Crippen molar-refractivity contribution < 1.29 is 32.9 Å². The molecule has 3 unspecified atom stereocenters. The van der Waals surface area contributed by atoms with E-state index in [-0.39, 0.29) is 12.5 Å². The van der Waals surface area contributed by atoms with E-state index in [0.717, 1.165) is 64.2 Å². The summed E-state index contributed by atoms with van der Waals surface area (Å²) < 4.78 is 23.1. The van der Waals surface area contributed by atoms with Crippen LogP contribution in [0.15, 0.2) is 72.9 Å². The third kappa shape index (κ3) is 44.0. The maximum atomic E-state index is 12.8. The average Bonchev–Trinajstić information content (AvgIpc) is 3.20. The summed E-state index contributed by atoms with van der Waals surface area (Å²) in [5.41, 5.74) is 0. The molecule has 0 aliphatic heterocycles. The number of hydrogen-bond donors (Lipinski definition) is 2. The highest BCUT2D eigenvalue weighted by Gasteiger charge is 2.23. The SMILES string of the molecule is CC/C=C\C/C=C\C/C=C\C/C=C\CCCCCCCCCCCCCCCCCCC(=O)NC(COP(=O)([O-])OCC[N+](C)(C)C)C(O)/C=C/CC/C=C/CCCCC. The van der Waals surface area contributed by atoms with Gasteiger partial charge in [0, 0.05) is 6.42 Å². The summed E-state index contributed by atoms with van der Waals surface area (Å²) >= 11 is 0. The summed E-state index contributed by atoms with van der Waals surface area (Å²) in [6.45, 7) is 4.45. The Bertz CT molecular complexity index is 1200. The third-order valence-corrected chi connectivity index (χ3v) is 11.4. The monoisotopic (exact) mass is 861 g/mol. The smallest absolute Gasteiger partial charge is 0.268 e. The third-order valence-electron chi connectivity index (χ3n) is 10.4. The number of nitrogens with one attached hydrogen (secondary N) is 1. The van der Waals surface area contributed by atoms with Crippen LogP contribution in [0.1, 0.15) is 194 Å². The minimum absolute atomic E-state index is 0.00861. The molecule has 0 aromatic carbocycles. The van der Waals surface area contributed by atoms with Gasteiger partial charge in [-0.25, -0.2) is 0 Å². The van der Waals surface area contributed by atoms with Crippen molar-refractivity contribution in [3.63, 3.8) is 0 Å². The molecule has 0 aliphatic rings. The van der Waals surface area contributed by atoms with E-state index in [1.807, 2.05) is 27.2 Å². The number of aliphatic hydroxyl groups excluding tert-OH is 1. The van der Waals surface area contributed by atoms with Crippen LogP contribution in [0.2, 0.25) is 0 Å². The molecular weight excluding hydrogens is 768 g/mol. The van der Waals surface area contributed by atoms with Gasteiger partial charge in [0.15, 0.2) is 0 Å². The zero-order valence-electron chi connectivity index (χ0n) is 39.4. The van der Waals surface area contributed by atoms with Crippen LogP contribution >= 0.6 is 7.82 Å². The number of likely N-dealkylation sites (N-methyl/N-ethyl adjacent to an activating group) is 1. The van der Waals surface area contributed by atoms with Crippen molar-refractivity contribution in [1.82, 2.24) is 5.32 Å². The van der Waals surface area contributed by atoms with E-state index < -0.39 is 26.6 Å². The number of rotatable bonds is 43. The first-order valence-electron chi connectivity index (χ1n) is 24.3. The van der Waals surface area contributed by atoms with Crippen LogP contribution < -0.4 is 10.2 Å². The lowest BCUT2D eigenvalue weighted by atomic mass is 10.0. The molecule has 2 N–H and O–H groups in total. The predicted molar refractivity (Wildman–Crippen MR) is 256 cm³/mol. The Kier molecular flexibility index (Phi) is 40.8. The largest absolute Gasteiger partial charge is 0.756 e. The molecule has 0 aromatic rings. The molecule has 0 aromatic heterocycles. The number of amides is 1.